The molecule has 3 rings (SSSR count). The maximum Gasteiger partial charge on any atom is 0.316 e. The van der Waals surface area contributed by atoms with Crippen molar-refractivity contribution in [1.82, 2.24) is 4.98 Å². The molecular weight excluding hydrogens is 296 g/mol. The smallest absolute Gasteiger partial charge is 0.316 e. The molecule has 0 saturated carbocycles. The van der Waals surface area contributed by atoms with Gasteiger partial charge in [-0.2, -0.15) is 0 Å². The molecule has 1 aromatic carbocycles. The van der Waals surface area contributed by atoms with Gasteiger partial charge >= 0.3 is 6.03 Å². The van der Waals surface area contributed by atoms with E-state index in [1.54, 1.807) is 11.3 Å². The van der Waals surface area contributed by atoms with E-state index in [1.807, 2.05) is 24.3 Å². The van der Waals surface area contributed by atoms with Crippen LogP contribution in [0.5, 0.6) is 0 Å². The zero-order valence-corrected chi connectivity index (χ0v) is 13.4. The van der Waals surface area contributed by atoms with Gasteiger partial charge in [-0.15, -0.1) is 11.3 Å². The quantitative estimate of drug-likeness (QED) is 0.910. The first-order valence-electron chi connectivity index (χ1n) is 7.49. The number of nitrogens with one attached hydrogen (secondary N) is 1. The third kappa shape index (κ3) is 3.39. The number of carbonyl (C=O) groups excluding carboxylic acids is 1. The van der Waals surface area contributed by atoms with Crippen molar-refractivity contribution in [3.05, 3.63) is 29.6 Å². The fourth-order valence-electron chi connectivity index (χ4n) is 2.77. The van der Waals surface area contributed by atoms with E-state index in [-0.39, 0.29) is 0 Å². The molecule has 3 N–H and O–H groups in total. The van der Waals surface area contributed by atoms with Gasteiger partial charge in [0.1, 0.15) is 0 Å². The fraction of sp³-hybridized carbons (Fsp3) is 0.375. The summed E-state index contributed by atoms with van der Waals surface area (Å²) in [5.74, 6) is 0.736. The first-order chi connectivity index (χ1) is 10.6. The van der Waals surface area contributed by atoms with E-state index in [4.69, 9.17) is 10.7 Å². The molecule has 22 heavy (non-hydrogen) atoms. The summed E-state index contributed by atoms with van der Waals surface area (Å²) in [7, 11) is 0. The predicted molar refractivity (Wildman–Crippen MR) is 91.4 cm³/mol. The molecular formula is C16H20N4OS. The van der Waals surface area contributed by atoms with E-state index in [1.165, 1.54) is 12.8 Å². The lowest BCUT2D eigenvalue weighted by molar-refractivity contribution is 0.259. The van der Waals surface area contributed by atoms with Crippen molar-refractivity contribution in [1.29, 1.82) is 0 Å². The summed E-state index contributed by atoms with van der Waals surface area (Å²) in [5, 5.41) is 5.74. The Kier molecular flexibility index (Phi) is 4.29. The highest BCUT2D eigenvalue weighted by Crippen LogP contribution is 2.30. The van der Waals surface area contributed by atoms with Crippen LogP contribution in [0.2, 0.25) is 0 Å². The number of piperidine rings is 1. The first-order valence-corrected chi connectivity index (χ1v) is 8.37. The molecule has 0 spiro atoms. The number of rotatable bonds is 3. The Balaban J connectivity index is 1.74. The highest BCUT2D eigenvalue weighted by molar-refractivity contribution is 7.14. The maximum atomic E-state index is 10.8. The van der Waals surface area contributed by atoms with E-state index in [0.717, 1.165) is 35.4 Å². The van der Waals surface area contributed by atoms with Crippen molar-refractivity contribution in [2.75, 3.05) is 23.3 Å². The van der Waals surface area contributed by atoms with Crippen LogP contribution in [0.3, 0.4) is 0 Å². The Bertz CT molecular complexity index is 652. The molecule has 1 fully saturated rings. The monoisotopic (exact) mass is 316 g/mol. The van der Waals surface area contributed by atoms with Gasteiger partial charge in [-0.25, -0.2) is 9.78 Å². The number of aromatic nitrogens is 1. The highest BCUT2D eigenvalue weighted by atomic mass is 32.1. The van der Waals surface area contributed by atoms with E-state index >= 15 is 0 Å². The number of hydrogen-bond donors (Lipinski definition) is 2. The van der Waals surface area contributed by atoms with Gasteiger partial charge in [0.2, 0.25) is 0 Å². The van der Waals surface area contributed by atoms with Gasteiger partial charge in [0.15, 0.2) is 5.13 Å². The minimum atomic E-state index is -0.553. The summed E-state index contributed by atoms with van der Waals surface area (Å²) in [6, 6.07) is 7.01. The molecule has 6 heteroatoms. The number of hydrogen-bond acceptors (Lipinski definition) is 4. The van der Waals surface area contributed by atoms with Crippen LogP contribution in [-0.4, -0.2) is 24.1 Å². The van der Waals surface area contributed by atoms with Gasteiger partial charge in [0.25, 0.3) is 0 Å². The van der Waals surface area contributed by atoms with Crippen molar-refractivity contribution in [2.45, 2.75) is 19.8 Å². The molecule has 1 unspecified atom stereocenters. The molecule has 1 atom stereocenters. The van der Waals surface area contributed by atoms with Gasteiger partial charge in [0, 0.05) is 29.7 Å². The zero-order valence-electron chi connectivity index (χ0n) is 12.6. The van der Waals surface area contributed by atoms with Crippen molar-refractivity contribution in [3.8, 4) is 11.3 Å². The van der Waals surface area contributed by atoms with Crippen molar-refractivity contribution < 1.29 is 4.79 Å². The standard InChI is InChI=1S/C16H20N4OS/c1-11-3-2-8-20(9-11)16-19-14(10-22-16)12-4-6-13(7-5-12)18-15(17)21/h4-7,10-11H,2-3,8-9H2,1H3,(H3,17,18,21). The summed E-state index contributed by atoms with van der Waals surface area (Å²) < 4.78 is 0. The van der Waals surface area contributed by atoms with Gasteiger partial charge < -0.3 is 16.0 Å². The van der Waals surface area contributed by atoms with Crippen molar-refractivity contribution >= 4 is 28.2 Å². The second kappa shape index (κ2) is 6.36. The second-order valence-corrected chi connectivity index (χ2v) is 6.61. The Morgan fingerprint density at radius 2 is 2.18 bits per heavy atom. The van der Waals surface area contributed by atoms with Crippen LogP contribution < -0.4 is 16.0 Å². The number of urea groups is 1. The third-order valence-electron chi connectivity index (χ3n) is 3.87. The number of anilines is 2. The minimum Gasteiger partial charge on any atom is -0.351 e. The van der Waals surface area contributed by atoms with E-state index in [0.29, 0.717) is 5.69 Å². The van der Waals surface area contributed by atoms with Crippen LogP contribution in [0, 0.1) is 5.92 Å². The normalized spacial score (nSPS) is 18.2. The lowest BCUT2D eigenvalue weighted by Crippen LogP contribution is -2.34. The molecule has 1 aromatic heterocycles. The predicted octanol–water partition coefficient (Wildman–Crippen LogP) is 3.54. The molecule has 1 saturated heterocycles. The first kappa shape index (κ1) is 14.8. The van der Waals surface area contributed by atoms with Gasteiger partial charge in [-0.1, -0.05) is 19.1 Å². The number of amides is 2. The lowest BCUT2D eigenvalue weighted by atomic mass is 10.0. The Hall–Kier alpha value is -2.08. The molecule has 0 radical (unpaired) electrons. The van der Waals surface area contributed by atoms with Crippen LogP contribution in [0.15, 0.2) is 29.6 Å². The molecule has 116 valence electrons. The summed E-state index contributed by atoms with van der Waals surface area (Å²) in [6.07, 6.45) is 2.55. The fourth-order valence-corrected chi connectivity index (χ4v) is 3.64. The molecule has 0 aliphatic carbocycles. The second-order valence-electron chi connectivity index (χ2n) is 5.78. The van der Waals surface area contributed by atoms with Crippen LogP contribution in [0.25, 0.3) is 11.3 Å². The number of nitrogens with zero attached hydrogens (tertiary/aromatic N) is 2. The zero-order chi connectivity index (χ0) is 15.5. The SMILES string of the molecule is CC1CCCN(c2nc(-c3ccc(NC(N)=O)cc3)cs2)C1. The number of thiazole rings is 1. The summed E-state index contributed by atoms with van der Waals surface area (Å²) in [5.41, 5.74) is 7.82. The Morgan fingerprint density at radius 1 is 1.41 bits per heavy atom. The van der Waals surface area contributed by atoms with Crippen LogP contribution in [0.1, 0.15) is 19.8 Å². The molecule has 1 aliphatic heterocycles. The highest BCUT2D eigenvalue weighted by Gasteiger charge is 2.19. The van der Waals surface area contributed by atoms with Crippen LogP contribution >= 0.6 is 11.3 Å². The third-order valence-corrected chi connectivity index (χ3v) is 4.77. The largest absolute Gasteiger partial charge is 0.351 e. The number of nitrogens with two attached hydrogens (primary N) is 1. The van der Waals surface area contributed by atoms with Gasteiger partial charge in [0.05, 0.1) is 5.69 Å². The van der Waals surface area contributed by atoms with E-state index in [9.17, 15) is 4.79 Å². The Labute approximate surface area is 134 Å². The van der Waals surface area contributed by atoms with E-state index in [2.05, 4.69) is 22.5 Å². The van der Waals surface area contributed by atoms with Crippen LogP contribution in [0.4, 0.5) is 15.6 Å². The molecule has 1 aliphatic rings. The summed E-state index contributed by atoms with van der Waals surface area (Å²) >= 11 is 1.69. The number of primary amides is 1. The topological polar surface area (TPSA) is 71.2 Å². The van der Waals surface area contributed by atoms with Gasteiger partial charge in [-0.3, -0.25) is 0 Å². The van der Waals surface area contributed by atoms with Crippen LogP contribution in [-0.2, 0) is 0 Å². The average molecular weight is 316 g/mol. The number of carbonyl (C=O) groups is 1. The summed E-state index contributed by atoms with van der Waals surface area (Å²) in [6.45, 7) is 4.48. The lowest BCUT2D eigenvalue weighted by Gasteiger charge is -2.30. The molecule has 2 aromatic rings. The summed E-state index contributed by atoms with van der Waals surface area (Å²) in [4.78, 5) is 18.0. The molecule has 2 amide bonds. The van der Waals surface area contributed by atoms with Crippen molar-refractivity contribution in [3.63, 3.8) is 0 Å². The molecule has 2 heterocycles. The Morgan fingerprint density at radius 3 is 2.86 bits per heavy atom. The number of benzene rings is 1. The maximum absolute atomic E-state index is 10.8. The molecule has 0 bridgehead atoms. The van der Waals surface area contributed by atoms with Gasteiger partial charge in [-0.05, 0) is 30.9 Å². The molecule has 5 nitrogen and oxygen atoms in total. The van der Waals surface area contributed by atoms with E-state index < -0.39 is 6.03 Å². The minimum absolute atomic E-state index is 0.553. The van der Waals surface area contributed by atoms with Crippen molar-refractivity contribution in [2.24, 2.45) is 11.7 Å². The average Bonchev–Trinajstić information content (AvgIpc) is 2.97.